The third-order valence-electron chi connectivity index (χ3n) is 5.55. The molecule has 1 amide bonds. The van der Waals surface area contributed by atoms with E-state index in [0.29, 0.717) is 19.0 Å². The van der Waals surface area contributed by atoms with Crippen molar-refractivity contribution in [1.82, 2.24) is 4.90 Å². The van der Waals surface area contributed by atoms with Crippen molar-refractivity contribution in [3.63, 3.8) is 0 Å². The third-order valence-corrected chi connectivity index (χ3v) is 6.52. The lowest BCUT2D eigenvalue weighted by Crippen LogP contribution is -2.34. The first-order valence-corrected chi connectivity index (χ1v) is 10.3. The highest BCUT2D eigenvalue weighted by molar-refractivity contribution is 7.89. The average Bonchev–Trinajstić information content (AvgIpc) is 2.69. The monoisotopic (exact) mass is 350 g/mol. The lowest BCUT2D eigenvalue weighted by Gasteiger charge is -2.33. The van der Waals surface area contributed by atoms with Crippen molar-refractivity contribution in [3.05, 3.63) is 29.3 Å². The number of likely N-dealkylation sites (tertiary alicyclic amines) is 1. The van der Waals surface area contributed by atoms with Crippen molar-refractivity contribution >= 4 is 15.9 Å². The van der Waals surface area contributed by atoms with Gasteiger partial charge in [0.05, 0.1) is 10.5 Å². The second kappa shape index (κ2) is 6.84. The molecule has 5 nitrogen and oxygen atoms in total. The van der Waals surface area contributed by atoms with Crippen LogP contribution in [0.25, 0.3) is 0 Å². The van der Waals surface area contributed by atoms with Crippen LogP contribution in [0.4, 0.5) is 0 Å². The zero-order chi connectivity index (χ0) is 17.3. The number of hydrogen-bond acceptors (Lipinski definition) is 3. The molecule has 0 spiro atoms. The molecule has 0 aromatic heterocycles. The molecule has 1 saturated carbocycles. The Kier molecular flexibility index (Phi) is 4.97. The number of nitrogens with two attached hydrogens (primary N) is 1. The van der Waals surface area contributed by atoms with Crippen LogP contribution >= 0.6 is 0 Å². The van der Waals surface area contributed by atoms with E-state index < -0.39 is 10.0 Å². The lowest BCUT2D eigenvalue weighted by molar-refractivity contribution is 0.0752. The zero-order valence-electron chi connectivity index (χ0n) is 14.2. The fraction of sp³-hybridized carbons (Fsp3) is 0.611. The number of carbonyl (C=O) groups is 1. The first kappa shape index (κ1) is 17.4. The van der Waals surface area contributed by atoms with E-state index in [9.17, 15) is 13.2 Å². The van der Waals surface area contributed by atoms with Crippen molar-refractivity contribution in [2.24, 2.45) is 17.0 Å². The molecule has 132 valence electrons. The van der Waals surface area contributed by atoms with Crippen molar-refractivity contribution in [2.75, 3.05) is 13.1 Å². The summed E-state index contributed by atoms with van der Waals surface area (Å²) in [5.74, 6) is 1.34. The van der Waals surface area contributed by atoms with E-state index in [1.807, 2.05) is 11.8 Å². The van der Waals surface area contributed by atoms with E-state index in [1.165, 1.54) is 31.7 Å². The van der Waals surface area contributed by atoms with Gasteiger partial charge in [0.2, 0.25) is 10.0 Å². The lowest BCUT2D eigenvalue weighted by atomic mass is 9.73. The first-order valence-electron chi connectivity index (χ1n) is 8.79. The SMILES string of the molecule is Cc1ccc(S(N)(=O)=O)c(C(=O)N2CCCC(C3CCC3)CC2)c1. The smallest absolute Gasteiger partial charge is 0.255 e. The molecule has 2 fully saturated rings. The standard InChI is InChI=1S/C18H26N2O3S/c1-13-7-8-17(24(19,22)23)16(12-13)18(21)20-10-3-6-15(9-11-20)14-4-2-5-14/h7-8,12,14-15H,2-6,9-11H2,1H3,(H2,19,22,23). The zero-order valence-corrected chi connectivity index (χ0v) is 15.0. The molecule has 3 rings (SSSR count). The number of nitrogens with zero attached hydrogens (tertiary/aromatic N) is 1. The molecule has 1 aliphatic carbocycles. The molecule has 1 aromatic carbocycles. The fourth-order valence-corrected chi connectivity index (χ4v) is 4.65. The number of benzene rings is 1. The second-order valence-electron chi connectivity index (χ2n) is 7.22. The maximum absolute atomic E-state index is 12.9. The molecule has 1 unspecified atom stereocenters. The van der Waals surface area contributed by atoms with E-state index in [-0.39, 0.29) is 16.4 Å². The largest absolute Gasteiger partial charge is 0.339 e. The third kappa shape index (κ3) is 3.64. The Morgan fingerprint density at radius 2 is 1.75 bits per heavy atom. The van der Waals surface area contributed by atoms with Gasteiger partial charge in [-0.2, -0.15) is 0 Å². The molecule has 1 aliphatic heterocycles. The topological polar surface area (TPSA) is 80.5 Å². The van der Waals surface area contributed by atoms with Crippen LogP contribution in [0.5, 0.6) is 0 Å². The van der Waals surface area contributed by atoms with Gasteiger partial charge in [0.25, 0.3) is 5.91 Å². The van der Waals surface area contributed by atoms with E-state index in [1.54, 1.807) is 12.1 Å². The summed E-state index contributed by atoms with van der Waals surface area (Å²) in [6.45, 7) is 3.25. The Hall–Kier alpha value is -1.40. The predicted molar refractivity (Wildman–Crippen MR) is 93.1 cm³/mol. The highest BCUT2D eigenvalue weighted by Crippen LogP contribution is 2.38. The molecule has 0 bridgehead atoms. The molecular weight excluding hydrogens is 324 g/mol. The number of rotatable bonds is 3. The van der Waals surface area contributed by atoms with Crippen LogP contribution in [0.3, 0.4) is 0 Å². The predicted octanol–water partition coefficient (Wildman–Crippen LogP) is 2.68. The highest BCUT2D eigenvalue weighted by atomic mass is 32.2. The van der Waals surface area contributed by atoms with Crippen LogP contribution in [0.2, 0.25) is 0 Å². The van der Waals surface area contributed by atoms with Crippen molar-refractivity contribution < 1.29 is 13.2 Å². The molecule has 1 atom stereocenters. The summed E-state index contributed by atoms with van der Waals surface area (Å²) in [7, 11) is -3.91. The minimum Gasteiger partial charge on any atom is -0.339 e. The van der Waals surface area contributed by atoms with Gasteiger partial charge in [0.1, 0.15) is 0 Å². The molecule has 1 saturated heterocycles. The summed E-state index contributed by atoms with van der Waals surface area (Å²) in [5, 5.41) is 5.29. The normalized spacial score (nSPS) is 22.8. The van der Waals surface area contributed by atoms with Gasteiger partial charge in [-0.15, -0.1) is 0 Å². The van der Waals surface area contributed by atoms with E-state index >= 15 is 0 Å². The molecule has 1 heterocycles. The quantitative estimate of drug-likeness (QED) is 0.910. The van der Waals surface area contributed by atoms with E-state index in [4.69, 9.17) is 5.14 Å². The summed E-state index contributed by atoms with van der Waals surface area (Å²) in [6.07, 6.45) is 7.17. The molecular formula is C18H26N2O3S. The van der Waals surface area contributed by atoms with Crippen molar-refractivity contribution in [3.8, 4) is 0 Å². The summed E-state index contributed by atoms with van der Waals surface area (Å²) >= 11 is 0. The Bertz CT molecular complexity index is 726. The molecule has 2 aliphatic rings. The van der Waals surface area contributed by atoms with Crippen LogP contribution in [-0.4, -0.2) is 32.3 Å². The van der Waals surface area contributed by atoms with Crippen LogP contribution < -0.4 is 5.14 Å². The van der Waals surface area contributed by atoms with Gasteiger partial charge in [-0.3, -0.25) is 4.79 Å². The minimum atomic E-state index is -3.91. The number of carbonyl (C=O) groups excluding carboxylic acids is 1. The summed E-state index contributed by atoms with van der Waals surface area (Å²) in [5.41, 5.74) is 1.06. The number of sulfonamides is 1. The van der Waals surface area contributed by atoms with Crippen molar-refractivity contribution in [2.45, 2.75) is 50.3 Å². The van der Waals surface area contributed by atoms with Gasteiger partial charge >= 0.3 is 0 Å². The second-order valence-corrected chi connectivity index (χ2v) is 8.75. The van der Waals surface area contributed by atoms with Gasteiger partial charge in [-0.25, -0.2) is 13.6 Å². The average molecular weight is 350 g/mol. The molecule has 24 heavy (non-hydrogen) atoms. The summed E-state index contributed by atoms with van der Waals surface area (Å²) < 4.78 is 23.6. The summed E-state index contributed by atoms with van der Waals surface area (Å²) in [6, 6.07) is 4.74. The summed E-state index contributed by atoms with van der Waals surface area (Å²) in [4.78, 5) is 14.7. The van der Waals surface area contributed by atoms with Gasteiger partial charge in [-0.05, 0) is 50.2 Å². The first-order chi connectivity index (χ1) is 11.4. The number of primary sulfonamides is 1. The van der Waals surface area contributed by atoms with Gasteiger partial charge in [0.15, 0.2) is 0 Å². The molecule has 0 radical (unpaired) electrons. The van der Waals surface area contributed by atoms with Gasteiger partial charge < -0.3 is 4.90 Å². The van der Waals surface area contributed by atoms with Gasteiger partial charge in [0, 0.05) is 13.1 Å². The molecule has 1 aromatic rings. The molecule has 2 N–H and O–H groups in total. The Morgan fingerprint density at radius 3 is 2.38 bits per heavy atom. The number of hydrogen-bond donors (Lipinski definition) is 1. The van der Waals surface area contributed by atoms with Crippen LogP contribution in [-0.2, 0) is 10.0 Å². The van der Waals surface area contributed by atoms with E-state index in [2.05, 4.69) is 0 Å². The Labute approximate surface area is 144 Å². The van der Waals surface area contributed by atoms with E-state index in [0.717, 1.165) is 24.3 Å². The Balaban J connectivity index is 1.80. The minimum absolute atomic E-state index is 0.0714. The fourth-order valence-electron chi connectivity index (χ4n) is 3.94. The highest BCUT2D eigenvalue weighted by Gasteiger charge is 2.31. The number of amides is 1. The molecule has 6 heteroatoms. The van der Waals surface area contributed by atoms with Crippen LogP contribution in [0.15, 0.2) is 23.1 Å². The van der Waals surface area contributed by atoms with Crippen LogP contribution in [0, 0.1) is 18.8 Å². The maximum Gasteiger partial charge on any atom is 0.255 e. The van der Waals surface area contributed by atoms with Crippen LogP contribution in [0.1, 0.15) is 54.4 Å². The number of aryl methyl sites for hydroxylation is 1. The Morgan fingerprint density at radius 1 is 1.08 bits per heavy atom. The maximum atomic E-state index is 12.9. The van der Waals surface area contributed by atoms with Crippen molar-refractivity contribution in [1.29, 1.82) is 0 Å². The van der Waals surface area contributed by atoms with Gasteiger partial charge in [-0.1, -0.05) is 30.9 Å².